The van der Waals surface area contributed by atoms with Gasteiger partial charge in [0.15, 0.2) is 0 Å². The van der Waals surface area contributed by atoms with Gasteiger partial charge in [0.05, 0.1) is 18.0 Å². The van der Waals surface area contributed by atoms with Crippen molar-refractivity contribution >= 4 is 28.9 Å². The highest BCUT2D eigenvalue weighted by Gasteiger charge is 2.22. The van der Waals surface area contributed by atoms with Gasteiger partial charge in [-0.3, -0.25) is 20.1 Å². The number of allylic oxidation sites excluding steroid dienone is 1. The van der Waals surface area contributed by atoms with Crippen molar-refractivity contribution in [1.82, 2.24) is 24.8 Å². The lowest BCUT2D eigenvalue weighted by molar-refractivity contribution is -0.156. The van der Waals surface area contributed by atoms with E-state index in [4.69, 9.17) is 10.1 Å². The number of piperazine rings is 1. The maximum atomic E-state index is 12.1. The van der Waals surface area contributed by atoms with Gasteiger partial charge in [-0.1, -0.05) is 18.7 Å². The van der Waals surface area contributed by atoms with E-state index in [9.17, 15) is 4.79 Å². The largest absolute Gasteiger partial charge is 0.459 e. The molecule has 3 aromatic rings. The Morgan fingerprint density at radius 3 is 2.44 bits per heavy atom. The Kier molecular flexibility index (Phi) is 9.16. The van der Waals surface area contributed by atoms with Crippen LogP contribution >= 0.6 is 0 Å². The molecular formula is C30H37N7O2. The van der Waals surface area contributed by atoms with E-state index in [0.29, 0.717) is 29.3 Å². The van der Waals surface area contributed by atoms with E-state index in [2.05, 4.69) is 48.8 Å². The Morgan fingerprint density at radius 2 is 1.77 bits per heavy atom. The molecular weight excluding hydrogens is 490 g/mol. The molecule has 2 aromatic heterocycles. The SMILES string of the molecule is C=C(C(=N)c1cccnc1)c1ccnc(Nc2ccc(CCN3CCN(CC(=O)OC(C)(C)C)CC3)cc2)n1. The number of pyridine rings is 1. The van der Waals surface area contributed by atoms with Crippen LogP contribution in [0.4, 0.5) is 11.6 Å². The first kappa shape index (κ1) is 28.1. The number of nitrogens with one attached hydrogen (secondary N) is 2. The second-order valence-corrected chi connectivity index (χ2v) is 10.6. The zero-order valence-electron chi connectivity index (χ0n) is 23.0. The average molecular weight is 528 g/mol. The number of ether oxygens (including phenoxy) is 1. The summed E-state index contributed by atoms with van der Waals surface area (Å²) in [7, 11) is 0. The van der Waals surface area contributed by atoms with Crippen molar-refractivity contribution in [2.24, 2.45) is 0 Å². The number of hydrogen-bond donors (Lipinski definition) is 2. The molecule has 0 spiro atoms. The summed E-state index contributed by atoms with van der Waals surface area (Å²) in [6, 6.07) is 13.6. The van der Waals surface area contributed by atoms with Crippen LogP contribution in [0.1, 0.15) is 37.6 Å². The van der Waals surface area contributed by atoms with E-state index in [-0.39, 0.29) is 11.7 Å². The summed E-state index contributed by atoms with van der Waals surface area (Å²) in [5.74, 6) is 0.292. The highest BCUT2D eigenvalue weighted by atomic mass is 16.6. The van der Waals surface area contributed by atoms with Gasteiger partial charge in [-0.25, -0.2) is 9.97 Å². The fourth-order valence-electron chi connectivity index (χ4n) is 4.30. The number of hydrogen-bond acceptors (Lipinski definition) is 9. The van der Waals surface area contributed by atoms with Gasteiger partial charge in [0, 0.05) is 68.1 Å². The van der Waals surface area contributed by atoms with E-state index in [1.54, 1.807) is 30.7 Å². The topological polar surface area (TPSA) is 107 Å². The summed E-state index contributed by atoms with van der Waals surface area (Å²) in [6.07, 6.45) is 5.93. The monoisotopic (exact) mass is 527 g/mol. The first-order valence-electron chi connectivity index (χ1n) is 13.2. The predicted octanol–water partition coefficient (Wildman–Crippen LogP) is 4.20. The molecule has 0 saturated carbocycles. The van der Waals surface area contributed by atoms with Gasteiger partial charge in [-0.05, 0) is 63.1 Å². The summed E-state index contributed by atoms with van der Waals surface area (Å²) in [4.78, 5) is 29.6. The summed E-state index contributed by atoms with van der Waals surface area (Å²) >= 11 is 0. The summed E-state index contributed by atoms with van der Waals surface area (Å²) < 4.78 is 5.44. The highest BCUT2D eigenvalue weighted by molar-refractivity contribution is 6.29. The van der Waals surface area contributed by atoms with E-state index in [1.165, 1.54) is 5.56 Å². The third-order valence-electron chi connectivity index (χ3n) is 6.38. The molecule has 204 valence electrons. The first-order chi connectivity index (χ1) is 18.7. The lowest BCUT2D eigenvalue weighted by atomic mass is 10.0. The van der Waals surface area contributed by atoms with Crippen LogP contribution in [0, 0.1) is 5.41 Å². The Bertz CT molecular complexity index is 1280. The van der Waals surface area contributed by atoms with Crippen molar-refractivity contribution in [3.05, 3.63) is 84.5 Å². The Labute approximate surface area is 230 Å². The third kappa shape index (κ3) is 8.53. The van der Waals surface area contributed by atoms with Gasteiger partial charge in [-0.15, -0.1) is 0 Å². The lowest BCUT2D eigenvalue weighted by Crippen LogP contribution is -2.49. The van der Waals surface area contributed by atoms with E-state index in [0.717, 1.165) is 44.8 Å². The third-order valence-corrected chi connectivity index (χ3v) is 6.38. The molecule has 1 saturated heterocycles. The minimum absolute atomic E-state index is 0.157. The number of carbonyl (C=O) groups excluding carboxylic acids is 1. The molecule has 39 heavy (non-hydrogen) atoms. The molecule has 0 aliphatic carbocycles. The molecule has 4 rings (SSSR count). The molecule has 1 aliphatic heterocycles. The second kappa shape index (κ2) is 12.7. The summed E-state index contributed by atoms with van der Waals surface area (Å²) in [6.45, 7) is 14.7. The van der Waals surface area contributed by atoms with Crippen LogP contribution in [0.25, 0.3) is 5.57 Å². The molecule has 0 unspecified atom stereocenters. The normalized spacial score (nSPS) is 14.5. The number of esters is 1. The second-order valence-electron chi connectivity index (χ2n) is 10.6. The molecule has 0 bridgehead atoms. The maximum absolute atomic E-state index is 12.1. The first-order valence-corrected chi connectivity index (χ1v) is 13.2. The fourth-order valence-corrected chi connectivity index (χ4v) is 4.30. The van der Waals surface area contributed by atoms with Crippen LogP contribution in [-0.4, -0.2) is 81.3 Å². The van der Waals surface area contributed by atoms with Crippen LogP contribution in [0.5, 0.6) is 0 Å². The Hall–Kier alpha value is -3.95. The minimum Gasteiger partial charge on any atom is -0.459 e. The Balaban J connectivity index is 1.24. The average Bonchev–Trinajstić information content (AvgIpc) is 2.92. The van der Waals surface area contributed by atoms with Crippen LogP contribution < -0.4 is 5.32 Å². The quantitative estimate of drug-likeness (QED) is 0.298. The van der Waals surface area contributed by atoms with Gasteiger partial charge in [0.2, 0.25) is 5.95 Å². The fraction of sp³-hybridized carbons (Fsp3) is 0.367. The van der Waals surface area contributed by atoms with Crippen molar-refractivity contribution in [3.8, 4) is 0 Å². The predicted molar refractivity (Wildman–Crippen MR) is 154 cm³/mol. The number of benzene rings is 1. The number of rotatable bonds is 10. The summed E-state index contributed by atoms with van der Waals surface area (Å²) in [5, 5.41) is 11.7. The van der Waals surface area contributed by atoms with E-state index in [1.807, 2.05) is 39.0 Å². The van der Waals surface area contributed by atoms with Crippen LogP contribution in [0.3, 0.4) is 0 Å². The van der Waals surface area contributed by atoms with Crippen molar-refractivity contribution < 1.29 is 9.53 Å². The molecule has 1 aromatic carbocycles. The van der Waals surface area contributed by atoms with Gasteiger partial charge in [0.25, 0.3) is 0 Å². The Morgan fingerprint density at radius 1 is 1.05 bits per heavy atom. The zero-order valence-corrected chi connectivity index (χ0v) is 23.0. The number of anilines is 2. The van der Waals surface area contributed by atoms with Crippen molar-refractivity contribution in [2.45, 2.75) is 32.8 Å². The molecule has 3 heterocycles. The molecule has 2 N–H and O–H groups in total. The van der Waals surface area contributed by atoms with Crippen LogP contribution in [0.15, 0.2) is 67.6 Å². The molecule has 9 heteroatoms. The molecule has 1 aliphatic rings. The van der Waals surface area contributed by atoms with Gasteiger partial charge >= 0.3 is 5.97 Å². The zero-order chi connectivity index (χ0) is 27.8. The highest BCUT2D eigenvalue weighted by Crippen LogP contribution is 2.19. The molecule has 0 amide bonds. The van der Waals surface area contributed by atoms with Gasteiger partial charge < -0.3 is 15.0 Å². The van der Waals surface area contributed by atoms with Crippen molar-refractivity contribution in [1.29, 1.82) is 5.41 Å². The number of carbonyl (C=O) groups is 1. The van der Waals surface area contributed by atoms with Crippen LogP contribution in [0.2, 0.25) is 0 Å². The maximum Gasteiger partial charge on any atom is 0.320 e. The molecule has 0 atom stereocenters. The molecule has 9 nitrogen and oxygen atoms in total. The van der Waals surface area contributed by atoms with Crippen molar-refractivity contribution in [3.63, 3.8) is 0 Å². The standard InChI is InChI=1S/C30H37N7O2/c1-22(28(31)24-6-5-13-32-20-24)26-11-14-33-29(35-26)34-25-9-7-23(8-10-25)12-15-36-16-18-37(19-17-36)21-27(38)39-30(2,3)4/h5-11,13-14,20,31H,1,12,15-19,21H2,2-4H3,(H,33,34,35). The van der Waals surface area contributed by atoms with E-state index < -0.39 is 5.60 Å². The van der Waals surface area contributed by atoms with Gasteiger partial charge in [-0.2, -0.15) is 0 Å². The molecule has 1 fully saturated rings. The molecule has 0 radical (unpaired) electrons. The smallest absolute Gasteiger partial charge is 0.320 e. The number of nitrogens with zero attached hydrogens (tertiary/aromatic N) is 5. The summed E-state index contributed by atoms with van der Waals surface area (Å²) in [5.41, 5.74) is 3.76. The lowest BCUT2D eigenvalue weighted by Gasteiger charge is -2.34. The number of aromatic nitrogens is 3. The van der Waals surface area contributed by atoms with Crippen molar-refractivity contribution in [2.75, 3.05) is 44.6 Å². The van der Waals surface area contributed by atoms with Crippen LogP contribution in [-0.2, 0) is 16.0 Å². The minimum atomic E-state index is -0.443. The van der Waals surface area contributed by atoms with Gasteiger partial charge in [0.1, 0.15) is 5.60 Å². The van der Waals surface area contributed by atoms with E-state index >= 15 is 0 Å².